The van der Waals surface area contributed by atoms with E-state index in [0.717, 1.165) is 38.6 Å². The summed E-state index contributed by atoms with van der Waals surface area (Å²) in [5, 5.41) is 23.0. The van der Waals surface area contributed by atoms with Gasteiger partial charge < -0.3 is 29.5 Å². The summed E-state index contributed by atoms with van der Waals surface area (Å²) < 4.78 is 43.9. The highest BCUT2D eigenvalue weighted by Gasteiger charge is 2.47. The molecule has 1 saturated carbocycles. The van der Waals surface area contributed by atoms with Crippen LogP contribution in [0.15, 0.2) is 30.5 Å². The van der Waals surface area contributed by atoms with Crippen LogP contribution in [0, 0.1) is 17.0 Å². The van der Waals surface area contributed by atoms with Crippen molar-refractivity contribution < 1.29 is 28.5 Å². The molecule has 4 heterocycles. The fourth-order valence-corrected chi connectivity index (χ4v) is 8.12. The standard InChI is InChI=1S/C35H41F2N5O4/c1-4-23-26(36)9-8-21-15-22(43)16-24(28(21)23)30-29(37)31-25(17-38-30)32(42-13-14-45-19-34(2,44)18-42)40-33(39-31)46-20-35-10-5-7-27(35)41(3)12-6-11-35/h8-9,15-17,27,43-44H,4-7,10-14,18-20H2,1-3H3. The second-order valence-corrected chi connectivity index (χ2v) is 13.6. The summed E-state index contributed by atoms with van der Waals surface area (Å²) in [4.78, 5) is 18.3. The van der Waals surface area contributed by atoms with Crippen molar-refractivity contribution in [2.24, 2.45) is 5.41 Å². The van der Waals surface area contributed by atoms with E-state index in [2.05, 4.69) is 21.9 Å². The lowest BCUT2D eigenvalue weighted by Crippen LogP contribution is -2.50. The van der Waals surface area contributed by atoms with Crippen LogP contribution in [-0.4, -0.2) is 88.2 Å². The van der Waals surface area contributed by atoms with E-state index in [-0.39, 0.29) is 47.1 Å². The maximum atomic E-state index is 16.9. The number of nitrogens with zero attached hydrogens (tertiary/aromatic N) is 5. The van der Waals surface area contributed by atoms with Crippen LogP contribution in [0.5, 0.6) is 11.8 Å². The first-order valence-corrected chi connectivity index (χ1v) is 16.3. The number of aromatic nitrogens is 3. The first-order valence-electron chi connectivity index (χ1n) is 16.3. The molecule has 0 bridgehead atoms. The Kier molecular flexibility index (Phi) is 7.97. The van der Waals surface area contributed by atoms with Crippen molar-refractivity contribution in [3.8, 4) is 23.0 Å². The second-order valence-electron chi connectivity index (χ2n) is 13.6. The molecule has 2 aliphatic heterocycles. The van der Waals surface area contributed by atoms with E-state index in [1.165, 1.54) is 24.4 Å². The van der Waals surface area contributed by atoms with Gasteiger partial charge in [-0.05, 0) is 87.2 Å². The summed E-state index contributed by atoms with van der Waals surface area (Å²) in [5.41, 5.74) is -0.548. The summed E-state index contributed by atoms with van der Waals surface area (Å²) in [6.45, 7) is 6.14. The van der Waals surface area contributed by atoms with Crippen molar-refractivity contribution in [3.05, 3.63) is 47.7 Å². The zero-order valence-corrected chi connectivity index (χ0v) is 26.7. The molecule has 0 spiro atoms. The number of halogens is 2. The number of phenols is 1. The number of aliphatic hydroxyl groups is 1. The van der Waals surface area contributed by atoms with Crippen LogP contribution in [0.1, 0.15) is 51.5 Å². The lowest BCUT2D eigenvalue weighted by molar-refractivity contribution is -0.0123. The van der Waals surface area contributed by atoms with Gasteiger partial charge in [0.15, 0.2) is 5.82 Å². The smallest absolute Gasteiger partial charge is 0.319 e. The number of likely N-dealkylation sites (tertiary alicyclic amines) is 1. The van der Waals surface area contributed by atoms with Gasteiger partial charge in [0.1, 0.15) is 34.2 Å². The van der Waals surface area contributed by atoms with Gasteiger partial charge in [0.25, 0.3) is 0 Å². The molecule has 244 valence electrons. The summed E-state index contributed by atoms with van der Waals surface area (Å²) in [7, 11) is 2.17. The molecule has 0 radical (unpaired) electrons. The molecule has 3 atom stereocenters. The van der Waals surface area contributed by atoms with Crippen molar-refractivity contribution in [1.82, 2.24) is 19.9 Å². The van der Waals surface area contributed by atoms with Crippen molar-refractivity contribution in [2.75, 3.05) is 51.4 Å². The number of hydrogen-bond donors (Lipinski definition) is 2. The molecule has 0 amide bonds. The van der Waals surface area contributed by atoms with E-state index < -0.39 is 17.2 Å². The number of anilines is 1. The zero-order chi connectivity index (χ0) is 32.2. The van der Waals surface area contributed by atoms with E-state index in [4.69, 9.17) is 14.5 Å². The fourth-order valence-electron chi connectivity index (χ4n) is 8.12. The molecule has 1 aliphatic carbocycles. The average molecular weight is 634 g/mol. The van der Waals surface area contributed by atoms with Gasteiger partial charge in [-0.2, -0.15) is 9.97 Å². The Bertz CT molecular complexity index is 1800. The van der Waals surface area contributed by atoms with E-state index in [0.29, 0.717) is 59.8 Å². The Morgan fingerprint density at radius 2 is 1.96 bits per heavy atom. The third-order valence-electron chi connectivity index (χ3n) is 10.2. The van der Waals surface area contributed by atoms with Gasteiger partial charge in [0.2, 0.25) is 0 Å². The molecule has 4 aromatic rings. The van der Waals surface area contributed by atoms with Crippen molar-refractivity contribution >= 4 is 27.5 Å². The minimum absolute atomic E-state index is 0.00184. The Morgan fingerprint density at radius 1 is 1.13 bits per heavy atom. The van der Waals surface area contributed by atoms with Gasteiger partial charge in [0.05, 0.1) is 31.8 Å². The summed E-state index contributed by atoms with van der Waals surface area (Å²) in [6, 6.07) is 6.35. The molecule has 46 heavy (non-hydrogen) atoms. The van der Waals surface area contributed by atoms with Crippen molar-refractivity contribution in [3.63, 3.8) is 0 Å². The largest absolute Gasteiger partial charge is 0.508 e. The minimum atomic E-state index is -1.16. The second kappa shape index (κ2) is 11.8. The van der Waals surface area contributed by atoms with Gasteiger partial charge >= 0.3 is 6.01 Å². The highest BCUT2D eigenvalue weighted by Crippen LogP contribution is 2.47. The number of piperidine rings is 1. The Hall–Kier alpha value is -3.67. The highest BCUT2D eigenvalue weighted by molar-refractivity contribution is 6.01. The van der Waals surface area contributed by atoms with E-state index >= 15 is 4.39 Å². The Morgan fingerprint density at radius 3 is 2.78 bits per heavy atom. The van der Waals surface area contributed by atoms with Crippen LogP contribution in [0.3, 0.4) is 0 Å². The fraction of sp³-hybridized carbons (Fsp3) is 0.514. The predicted octanol–water partition coefficient (Wildman–Crippen LogP) is 5.62. The monoisotopic (exact) mass is 633 g/mol. The van der Waals surface area contributed by atoms with Crippen LogP contribution in [0.4, 0.5) is 14.6 Å². The summed E-state index contributed by atoms with van der Waals surface area (Å²) >= 11 is 0. The lowest BCUT2D eigenvalue weighted by Gasteiger charge is -2.44. The van der Waals surface area contributed by atoms with Gasteiger partial charge in [-0.1, -0.05) is 19.4 Å². The molecular formula is C35H41F2N5O4. The first-order chi connectivity index (χ1) is 22.1. The van der Waals surface area contributed by atoms with Crippen LogP contribution in [-0.2, 0) is 11.2 Å². The maximum absolute atomic E-state index is 16.9. The highest BCUT2D eigenvalue weighted by atomic mass is 19.1. The van der Waals surface area contributed by atoms with E-state index in [1.54, 1.807) is 13.0 Å². The molecule has 7 rings (SSSR count). The van der Waals surface area contributed by atoms with Crippen LogP contribution < -0.4 is 9.64 Å². The van der Waals surface area contributed by atoms with Crippen molar-refractivity contribution in [1.29, 1.82) is 0 Å². The normalized spacial score (nSPS) is 25.6. The minimum Gasteiger partial charge on any atom is -0.508 e. The number of rotatable bonds is 6. The molecule has 3 unspecified atom stereocenters. The molecule has 3 fully saturated rings. The molecule has 2 saturated heterocycles. The third kappa shape index (κ3) is 5.42. The molecule has 9 nitrogen and oxygen atoms in total. The molecule has 11 heteroatoms. The van der Waals surface area contributed by atoms with Crippen LogP contribution in [0.2, 0.25) is 0 Å². The molecular weight excluding hydrogens is 592 g/mol. The number of pyridine rings is 1. The first kappa shape index (κ1) is 31.0. The predicted molar refractivity (Wildman–Crippen MR) is 172 cm³/mol. The quantitative estimate of drug-likeness (QED) is 0.280. The van der Waals surface area contributed by atoms with Gasteiger partial charge in [-0.3, -0.25) is 4.98 Å². The number of benzene rings is 2. The number of β-amino-alcohol motifs (C(OH)–C–C–N with tert-alkyl or cyclic N) is 1. The maximum Gasteiger partial charge on any atom is 0.319 e. The molecule has 2 aromatic heterocycles. The number of aryl methyl sites for hydroxylation is 1. The number of hydrogen-bond acceptors (Lipinski definition) is 9. The number of fused-ring (bicyclic) bond motifs is 3. The lowest BCUT2D eigenvalue weighted by atomic mass is 9.76. The number of aromatic hydroxyl groups is 1. The summed E-state index contributed by atoms with van der Waals surface area (Å²) in [5.74, 6) is -0.821. The molecule has 3 aliphatic rings. The Labute approximate surface area is 267 Å². The number of phenolic OH excluding ortho intramolecular Hbond substituents is 1. The topological polar surface area (TPSA) is 104 Å². The number of ether oxygens (including phenoxy) is 2. The van der Waals surface area contributed by atoms with E-state index in [9.17, 15) is 14.6 Å². The van der Waals surface area contributed by atoms with E-state index in [1.807, 2.05) is 11.8 Å². The van der Waals surface area contributed by atoms with Crippen molar-refractivity contribution in [2.45, 2.75) is 64.0 Å². The SMILES string of the molecule is CCc1c(F)ccc2cc(O)cc(-c3ncc4c(N5CCOCC(C)(O)C5)nc(OCC56CCCC5N(C)CCC6)nc4c3F)c12. The molecule has 2 N–H and O–H groups in total. The summed E-state index contributed by atoms with van der Waals surface area (Å²) in [6.07, 6.45) is 7.33. The van der Waals surface area contributed by atoms with Crippen LogP contribution >= 0.6 is 0 Å². The van der Waals surface area contributed by atoms with Crippen LogP contribution in [0.25, 0.3) is 32.9 Å². The van der Waals surface area contributed by atoms with Gasteiger partial charge in [-0.25, -0.2) is 8.78 Å². The van der Waals surface area contributed by atoms with Gasteiger partial charge in [-0.15, -0.1) is 0 Å². The average Bonchev–Trinajstić information content (AvgIpc) is 3.38. The zero-order valence-electron chi connectivity index (χ0n) is 26.7. The molecule has 2 aromatic carbocycles. The third-order valence-corrected chi connectivity index (χ3v) is 10.2. The Balaban J connectivity index is 1.38. The van der Waals surface area contributed by atoms with Gasteiger partial charge in [0, 0.05) is 29.8 Å².